The molecule has 10 nitrogen and oxygen atoms in total. The van der Waals surface area contributed by atoms with E-state index in [4.69, 9.17) is 32.7 Å². The summed E-state index contributed by atoms with van der Waals surface area (Å²) in [7, 11) is 0. The maximum absolute atomic E-state index is 6.33. The highest BCUT2D eigenvalue weighted by Crippen LogP contribution is 2.32. The zero-order valence-electron chi connectivity index (χ0n) is 20.3. The lowest BCUT2D eigenvalue weighted by atomic mass is 10.2. The number of ether oxygens (including phenoxy) is 2. The predicted octanol–water partition coefficient (Wildman–Crippen LogP) is 6.48. The number of aromatic nitrogens is 8. The Morgan fingerprint density at radius 1 is 0.575 bits per heavy atom. The maximum atomic E-state index is 6.33. The smallest absolute Gasteiger partial charge is 0.235 e. The average molecular weight is 608 g/mol. The highest BCUT2D eigenvalue weighted by molar-refractivity contribution is 7.20. The predicted molar refractivity (Wildman–Crippen MR) is 153 cm³/mol. The van der Waals surface area contributed by atoms with E-state index in [2.05, 4.69) is 30.6 Å². The Labute approximate surface area is 244 Å². The number of benzene rings is 3. The highest BCUT2D eigenvalue weighted by atomic mass is 35.5. The number of halogens is 2. The molecule has 0 spiro atoms. The Morgan fingerprint density at radius 2 is 1.00 bits per heavy atom. The molecule has 14 heteroatoms. The summed E-state index contributed by atoms with van der Waals surface area (Å²) < 4.78 is 15.2. The van der Waals surface area contributed by atoms with Gasteiger partial charge in [-0.05, 0) is 36.4 Å². The molecule has 40 heavy (non-hydrogen) atoms. The lowest BCUT2D eigenvalue weighted by molar-refractivity contribution is 0.284. The molecule has 0 amide bonds. The third kappa shape index (κ3) is 4.75. The maximum Gasteiger partial charge on any atom is 0.235 e. The number of fused-ring (bicyclic) bond motifs is 2. The summed E-state index contributed by atoms with van der Waals surface area (Å²) in [5.74, 6) is 2.47. The minimum Gasteiger partial charge on any atom is -0.486 e. The van der Waals surface area contributed by atoms with Crippen molar-refractivity contribution in [2.45, 2.75) is 13.2 Å². The molecule has 0 aliphatic rings. The molecule has 3 aromatic carbocycles. The minimum absolute atomic E-state index is 0.197. The third-order valence-corrected chi connectivity index (χ3v) is 8.40. The summed E-state index contributed by atoms with van der Waals surface area (Å²) in [5.41, 5.74) is 1.70. The van der Waals surface area contributed by atoms with Gasteiger partial charge in [0.25, 0.3) is 0 Å². The summed E-state index contributed by atoms with van der Waals surface area (Å²) in [4.78, 5) is 1.33. The Bertz CT molecular complexity index is 1820. The molecule has 0 bridgehead atoms. The van der Waals surface area contributed by atoms with Crippen molar-refractivity contribution in [3.05, 3.63) is 94.5 Å². The molecule has 4 heterocycles. The van der Waals surface area contributed by atoms with E-state index in [9.17, 15) is 0 Å². The molecule has 0 N–H and O–H groups in total. The first-order valence-corrected chi connectivity index (χ1v) is 14.3. The van der Waals surface area contributed by atoms with E-state index in [1.54, 1.807) is 9.03 Å². The van der Waals surface area contributed by atoms with Crippen LogP contribution in [0.5, 0.6) is 11.5 Å². The molecule has 198 valence electrons. The highest BCUT2D eigenvalue weighted by Gasteiger charge is 2.16. The van der Waals surface area contributed by atoms with Crippen LogP contribution in [0.1, 0.15) is 11.6 Å². The van der Waals surface area contributed by atoms with Gasteiger partial charge in [-0.1, -0.05) is 82.3 Å². The zero-order valence-corrected chi connectivity index (χ0v) is 23.5. The van der Waals surface area contributed by atoms with Crippen LogP contribution in [0.4, 0.5) is 0 Å². The monoisotopic (exact) mass is 606 g/mol. The van der Waals surface area contributed by atoms with Gasteiger partial charge in [0, 0.05) is 11.1 Å². The third-order valence-electron chi connectivity index (χ3n) is 5.88. The first-order valence-electron chi connectivity index (χ1n) is 11.9. The van der Waals surface area contributed by atoms with E-state index in [1.165, 1.54) is 22.7 Å². The van der Waals surface area contributed by atoms with Crippen molar-refractivity contribution in [2.75, 3.05) is 0 Å². The number of hydrogen-bond donors (Lipinski definition) is 0. The van der Waals surface area contributed by atoms with E-state index in [0.29, 0.717) is 43.1 Å². The topological polar surface area (TPSA) is 105 Å². The van der Waals surface area contributed by atoms with Gasteiger partial charge in [-0.15, -0.1) is 20.4 Å². The Hall–Kier alpha value is -4.10. The molecule has 0 aliphatic heterocycles. The molecule has 7 aromatic rings. The first kappa shape index (κ1) is 24.9. The van der Waals surface area contributed by atoms with Crippen molar-refractivity contribution in [3.63, 3.8) is 0 Å². The summed E-state index contributed by atoms with van der Waals surface area (Å²) >= 11 is 15.5. The summed E-state index contributed by atoms with van der Waals surface area (Å²) in [5, 5.41) is 28.9. The molecule has 0 unspecified atom stereocenters. The molecule has 0 saturated carbocycles. The molecule has 0 saturated heterocycles. The minimum atomic E-state index is 0.197. The van der Waals surface area contributed by atoms with Crippen molar-refractivity contribution in [3.8, 4) is 32.6 Å². The fraction of sp³-hybridized carbons (Fsp3) is 0.0769. The molecular formula is C26H16Cl2N8O2S2. The first-order chi connectivity index (χ1) is 19.6. The van der Waals surface area contributed by atoms with Crippen molar-refractivity contribution >= 4 is 55.8 Å². The number of nitrogens with zero attached hydrogens (tertiary/aromatic N) is 8. The standard InChI is InChI=1S/C26H16Cl2N8O2S2/c27-19-7-3-1-5-17(19)23-33-35-21(29-31-25(35)39-23)13-37-15-9-11-16(12-10-15)38-14-22-30-32-26-36(22)34-24(40-26)18-6-2-4-8-20(18)28/h1-12H,13-14H2. The lowest BCUT2D eigenvalue weighted by Gasteiger charge is -2.07. The molecule has 7 rings (SSSR count). The average Bonchev–Trinajstić information content (AvgIpc) is 3.74. The summed E-state index contributed by atoms with van der Waals surface area (Å²) in [6.07, 6.45) is 0. The van der Waals surface area contributed by atoms with Crippen LogP contribution in [0, 0.1) is 0 Å². The van der Waals surface area contributed by atoms with Crippen molar-refractivity contribution in [1.29, 1.82) is 0 Å². The molecule has 0 aliphatic carbocycles. The fourth-order valence-corrected chi connectivity index (χ4v) is 6.27. The second-order valence-corrected chi connectivity index (χ2v) is 11.2. The van der Waals surface area contributed by atoms with Crippen LogP contribution in [0.25, 0.3) is 31.1 Å². The van der Waals surface area contributed by atoms with Gasteiger partial charge in [0.2, 0.25) is 9.92 Å². The van der Waals surface area contributed by atoms with Crippen LogP contribution in [-0.4, -0.2) is 39.6 Å². The van der Waals surface area contributed by atoms with Crippen LogP contribution in [-0.2, 0) is 13.2 Å². The lowest BCUT2D eigenvalue weighted by Crippen LogP contribution is -2.03. The van der Waals surface area contributed by atoms with Gasteiger partial charge < -0.3 is 9.47 Å². The quantitative estimate of drug-likeness (QED) is 0.193. The SMILES string of the molecule is Clc1ccccc1-c1nn2c(COc3ccc(OCc4nnc5sc(-c6ccccc6Cl)nn45)cc3)nnc2s1. The van der Waals surface area contributed by atoms with Crippen molar-refractivity contribution < 1.29 is 9.47 Å². The van der Waals surface area contributed by atoms with Crippen molar-refractivity contribution in [1.82, 2.24) is 39.6 Å². The molecule has 4 aromatic heterocycles. The van der Waals surface area contributed by atoms with Gasteiger partial charge in [-0.25, -0.2) is 0 Å². The van der Waals surface area contributed by atoms with E-state index >= 15 is 0 Å². The number of hydrogen-bond acceptors (Lipinski definition) is 10. The normalized spacial score (nSPS) is 11.4. The van der Waals surface area contributed by atoms with E-state index in [0.717, 1.165) is 21.1 Å². The van der Waals surface area contributed by atoms with Gasteiger partial charge in [0.15, 0.2) is 11.6 Å². The molecule has 0 atom stereocenters. The fourth-order valence-electron chi connectivity index (χ4n) is 3.91. The largest absolute Gasteiger partial charge is 0.486 e. The van der Waals surface area contributed by atoms with Crippen LogP contribution < -0.4 is 9.47 Å². The van der Waals surface area contributed by atoms with Gasteiger partial charge in [0.1, 0.15) is 34.7 Å². The van der Waals surface area contributed by atoms with Crippen LogP contribution in [0.3, 0.4) is 0 Å². The van der Waals surface area contributed by atoms with Gasteiger partial charge in [-0.3, -0.25) is 0 Å². The zero-order chi connectivity index (χ0) is 27.1. The van der Waals surface area contributed by atoms with Crippen LogP contribution in [0.15, 0.2) is 72.8 Å². The van der Waals surface area contributed by atoms with Crippen molar-refractivity contribution in [2.24, 2.45) is 0 Å². The van der Waals surface area contributed by atoms with E-state index in [-0.39, 0.29) is 13.2 Å². The van der Waals surface area contributed by atoms with E-state index in [1.807, 2.05) is 72.8 Å². The summed E-state index contributed by atoms with van der Waals surface area (Å²) in [6, 6.07) is 22.4. The summed E-state index contributed by atoms with van der Waals surface area (Å²) in [6.45, 7) is 0.394. The second kappa shape index (κ2) is 10.5. The molecule has 0 fully saturated rings. The number of rotatable bonds is 8. The molecular weight excluding hydrogens is 591 g/mol. The van der Waals surface area contributed by atoms with Gasteiger partial charge >= 0.3 is 0 Å². The Balaban J connectivity index is 1.000. The van der Waals surface area contributed by atoms with Gasteiger partial charge in [-0.2, -0.15) is 19.2 Å². The molecule has 0 radical (unpaired) electrons. The Kier molecular flexibility index (Phi) is 6.52. The van der Waals surface area contributed by atoms with Crippen LogP contribution in [0.2, 0.25) is 10.0 Å². The van der Waals surface area contributed by atoms with E-state index < -0.39 is 0 Å². The Morgan fingerprint density at radius 3 is 1.43 bits per heavy atom. The van der Waals surface area contributed by atoms with Crippen LogP contribution >= 0.6 is 45.9 Å². The van der Waals surface area contributed by atoms with Gasteiger partial charge in [0.05, 0.1) is 10.0 Å². The second-order valence-electron chi connectivity index (χ2n) is 8.44.